The lowest BCUT2D eigenvalue weighted by molar-refractivity contribution is -0.129. The third kappa shape index (κ3) is 4.79. The van der Waals surface area contributed by atoms with Crippen LogP contribution in [0.4, 0.5) is 4.39 Å². The monoisotopic (exact) mass is 464 g/mol. The summed E-state index contributed by atoms with van der Waals surface area (Å²) >= 11 is 0. The van der Waals surface area contributed by atoms with E-state index < -0.39 is 28.0 Å². The highest BCUT2D eigenvalue weighted by molar-refractivity contribution is 7.89. The fourth-order valence-corrected chi connectivity index (χ4v) is 5.53. The van der Waals surface area contributed by atoms with Gasteiger partial charge in [0.05, 0.1) is 13.2 Å². The van der Waals surface area contributed by atoms with E-state index in [1.54, 1.807) is 38.2 Å². The zero-order valence-corrected chi connectivity index (χ0v) is 19.5. The summed E-state index contributed by atoms with van der Waals surface area (Å²) in [7, 11) is -2.34. The van der Waals surface area contributed by atoms with Crippen LogP contribution in [-0.2, 0) is 14.8 Å². The number of sulfonamides is 1. The molecule has 0 spiro atoms. The molecule has 9 heteroatoms. The summed E-state index contributed by atoms with van der Waals surface area (Å²) in [5.74, 6) is -0.769. The maximum absolute atomic E-state index is 14.4. The Balaban J connectivity index is 2.16. The van der Waals surface area contributed by atoms with E-state index >= 15 is 0 Å². The SMILES string of the molecule is CC(=O)N(C)C[C@H]1Oc2cc(-c3ccccc3F)ccc2S(=O)(=O)N([C@H](C)CO)C[C@H]1C. The number of hydrogen-bond acceptors (Lipinski definition) is 5. The average Bonchev–Trinajstić information content (AvgIpc) is 2.75. The highest BCUT2D eigenvalue weighted by atomic mass is 32.2. The van der Waals surface area contributed by atoms with Crippen LogP contribution in [-0.4, -0.2) is 67.5 Å². The second kappa shape index (κ2) is 9.56. The van der Waals surface area contributed by atoms with Crippen molar-refractivity contribution in [2.75, 3.05) is 26.7 Å². The zero-order valence-electron chi connectivity index (χ0n) is 18.7. The Morgan fingerprint density at radius 3 is 2.62 bits per heavy atom. The number of nitrogens with zero attached hydrogens (tertiary/aromatic N) is 2. The largest absolute Gasteiger partial charge is 0.487 e. The maximum Gasteiger partial charge on any atom is 0.247 e. The minimum absolute atomic E-state index is 0.0553. The Morgan fingerprint density at radius 2 is 2.00 bits per heavy atom. The lowest BCUT2D eigenvalue weighted by Gasteiger charge is -2.37. The molecule has 2 aromatic carbocycles. The Hall–Kier alpha value is -2.49. The molecule has 2 aromatic rings. The van der Waals surface area contributed by atoms with Crippen LogP contribution in [0.15, 0.2) is 47.4 Å². The molecule has 1 amide bonds. The van der Waals surface area contributed by atoms with Gasteiger partial charge in [-0.15, -0.1) is 0 Å². The first-order valence-corrected chi connectivity index (χ1v) is 11.9. The van der Waals surface area contributed by atoms with Crippen LogP contribution < -0.4 is 4.74 Å². The molecule has 1 N–H and O–H groups in total. The average molecular weight is 465 g/mol. The van der Waals surface area contributed by atoms with Gasteiger partial charge in [-0.25, -0.2) is 12.8 Å². The van der Waals surface area contributed by atoms with Gasteiger partial charge >= 0.3 is 0 Å². The van der Waals surface area contributed by atoms with Crippen molar-refractivity contribution in [2.24, 2.45) is 5.92 Å². The van der Waals surface area contributed by atoms with Crippen molar-refractivity contribution in [3.8, 4) is 16.9 Å². The third-order valence-corrected chi connectivity index (χ3v) is 7.86. The van der Waals surface area contributed by atoms with Crippen LogP contribution in [0.1, 0.15) is 20.8 Å². The summed E-state index contributed by atoms with van der Waals surface area (Å²) in [5.41, 5.74) is 0.801. The molecule has 0 saturated heterocycles. The van der Waals surface area contributed by atoms with Gasteiger partial charge < -0.3 is 14.7 Å². The number of halogens is 1. The van der Waals surface area contributed by atoms with Crippen LogP contribution in [0.25, 0.3) is 11.1 Å². The fraction of sp³-hybridized carbons (Fsp3) is 0.435. The number of ether oxygens (including phenoxy) is 1. The van der Waals surface area contributed by atoms with Crippen LogP contribution in [0.3, 0.4) is 0 Å². The summed E-state index contributed by atoms with van der Waals surface area (Å²) in [4.78, 5) is 13.3. The molecule has 0 unspecified atom stereocenters. The van der Waals surface area contributed by atoms with E-state index in [0.717, 1.165) is 0 Å². The quantitative estimate of drug-likeness (QED) is 0.735. The molecule has 3 atom stereocenters. The highest BCUT2D eigenvalue weighted by Gasteiger charge is 2.38. The van der Waals surface area contributed by atoms with Crippen molar-refractivity contribution in [1.29, 1.82) is 0 Å². The van der Waals surface area contributed by atoms with Gasteiger partial charge in [-0.2, -0.15) is 4.31 Å². The van der Waals surface area contributed by atoms with E-state index in [1.807, 2.05) is 6.92 Å². The molecule has 0 saturated carbocycles. The predicted octanol–water partition coefficient (Wildman–Crippen LogP) is 2.74. The molecule has 1 aliphatic rings. The van der Waals surface area contributed by atoms with Crippen molar-refractivity contribution in [3.05, 3.63) is 48.3 Å². The second-order valence-electron chi connectivity index (χ2n) is 8.28. The van der Waals surface area contributed by atoms with Gasteiger partial charge in [0.15, 0.2) is 0 Å². The summed E-state index contributed by atoms with van der Waals surface area (Å²) in [6.45, 7) is 4.96. The molecule has 0 aromatic heterocycles. The summed E-state index contributed by atoms with van der Waals surface area (Å²) < 4.78 is 48.8. The molecule has 0 aliphatic carbocycles. The highest BCUT2D eigenvalue weighted by Crippen LogP contribution is 2.37. The van der Waals surface area contributed by atoms with Crippen molar-refractivity contribution < 1.29 is 27.4 Å². The van der Waals surface area contributed by atoms with Crippen molar-refractivity contribution in [1.82, 2.24) is 9.21 Å². The molecule has 0 radical (unpaired) electrons. The first-order chi connectivity index (χ1) is 15.1. The Morgan fingerprint density at radius 1 is 1.31 bits per heavy atom. The first kappa shape index (κ1) is 24.2. The van der Waals surface area contributed by atoms with Crippen LogP contribution in [0.5, 0.6) is 5.75 Å². The minimum atomic E-state index is -3.99. The molecule has 7 nitrogen and oxygen atoms in total. The standard InChI is InChI=1S/C23H29FN2O5S/c1-15-12-26(16(2)14-27)32(29,30)23-10-9-18(19-7-5-6-8-20(19)24)11-21(23)31-22(15)13-25(4)17(3)28/h5-11,15-16,22,27H,12-14H2,1-4H3/t15-,16-,22-/m1/s1. The molecular weight excluding hydrogens is 435 g/mol. The summed E-state index contributed by atoms with van der Waals surface area (Å²) in [5, 5.41) is 9.69. The van der Waals surface area contributed by atoms with Gasteiger partial charge in [0.2, 0.25) is 15.9 Å². The van der Waals surface area contributed by atoms with Crippen molar-refractivity contribution in [3.63, 3.8) is 0 Å². The Bertz CT molecular complexity index is 1090. The smallest absolute Gasteiger partial charge is 0.247 e. The number of amides is 1. The van der Waals surface area contributed by atoms with Gasteiger partial charge in [-0.1, -0.05) is 31.2 Å². The number of carbonyl (C=O) groups excluding carboxylic acids is 1. The summed E-state index contributed by atoms with van der Waals surface area (Å²) in [6.07, 6.45) is -0.512. The number of likely N-dealkylation sites (N-methyl/N-ethyl adjacent to an activating group) is 1. The van der Waals surface area contributed by atoms with Crippen molar-refractivity contribution in [2.45, 2.75) is 37.8 Å². The van der Waals surface area contributed by atoms with Gasteiger partial charge in [0.1, 0.15) is 22.6 Å². The minimum Gasteiger partial charge on any atom is -0.487 e. The summed E-state index contributed by atoms with van der Waals surface area (Å²) in [6, 6.07) is 10.0. The predicted molar refractivity (Wildman–Crippen MR) is 119 cm³/mol. The number of hydrogen-bond donors (Lipinski definition) is 1. The van der Waals surface area contributed by atoms with Gasteiger partial charge in [0, 0.05) is 38.0 Å². The molecular formula is C23H29FN2O5S. The number of aliphatic hydroxyl groups is 1. The lowest BCUT2D eigenvalue weighted by atomic mass is 10.0. The molecule has 174 valence electrons. The molecule has 1 heterocycles. The van der Waals surface area contributed by atoms with Crippen molar-refractivity contribution >= 4 is 15.9 Å². The molecule has 32 heavy (non-hydrogen) atoms. The maximum atomic E-state index is 14.4. The number of benzene rings is 2. The number of aliphatic hydroxyl groups excluding tert-OH is 1. The van der Waals surface area contributed by atoms with E-state index in [0.29, 0.717) is 11.1 Å². The van der Waals surface area contributed by atoms with E-state index in [9.17, 15) is 22.7 Å². The van der Waals surface area contributed by atoms with Gasteiger partial charge in [0.25, 0.3) is 0 Å². The van der Waals surface area contributed by atoms with E-state index in [2.05, 4.69) is 0 Å². The van der Waals surface area contributed by atoms with Crippen LogP contribution in [0.2, 0.25) is 0 Å². The lowest BCUT2D eigenvalue weighted by Crippen LogP contribution is -2.50. The Labute approximate surface area is 188 Å². The normalized spacial score (nSPS) is 21.6. The molecule has 0 bridgehead atoms. The topological polar surface area (TPSA) is 87.2 Å². The van der Waals surface area contributed by atoms with Gasteiger partial charge in [-0.05, 0) is 30.7 Å². The Kier molecular flexibility index (Phi) is 7.22. The van der Waals surface area contributed by atoms with Gasteiger partial charge in [-0.3, -0.25) is 4.79 Å². The zero-order chi connectivity index (χ0) is 23.6. The molecule has 1 aliphatic heterocycles. The van der Waals surface area contributed by atoms with E-state index in [-0.39, 0.29) is 42.2 Å². The number of rotatable bonds is 5. The van der Waals surface area contributed by atoms with E-state index in [4.69, 9.17) is 4.74 Å². The number of carbonyl (C=O) groups is 1. The van der Waals surface area contributed by atoms with Crippen LogP contribution >= 0.6 is 0 Å². The second-order valence-corrected chi connectivity index (χ2v) is 10.1. The number of fused-ring (bicyclic) bond motifs is 1. The fourth-order valence-electron chi connectivity index (χ4n) is 3.70. The third-order valence-electron chi connectivity index (χ3n) is 5.84. The van der Waals surface area contributed by atoms with Crippen LogP contribution in [0, 0.1) is 11.7 Å². The molecule has 0 fully saturated rings. The van der Waals surface area contributed by atoms with E-state index in [1.165, 1.54) is 34.3 Å². The molecule has 3 rings (SSSR count). The first-order valence-electron chi connectivity index (χ1n) is 10.5.